The van der Waals surface area contributed by atoms with Crippen LogP contribution in [0.25, 0.3) is 0 Å². The average Bonchev–Trinajstić information content (AvgIpc) is 3.23. The zero-order valence-electron chi connectivity index (χ0n) is 16.2. The molecule has 7 heteroatoms. The first kappa shape index (κ1) is 19.4. The predicted octanol–water partition coefficient (Wildman–Crippen LogP) is 4.10. The van der Waals surface area contributed by atoms with E-state index in [1.807, 2.05) is 11.4 Å². The third kappa shape index (κ3) is 4.30. The lowest BCUT2D eigenvalue weighted by molar-refractivity contribution is -0.115. The highest BCUT2D eigenvalue weighted by atomic mass is 32.1. The van der Waals surface area contributed by atoms with Gasteiger partial charge in [-0.15, -0.1) is 11.3 Å². The standard InChI is InChI=1S/C20H26N4O2S/c1-12(2)15-6-5-7-16(13(3)4)18(15)23-17(25)10-14-11-27-20(22-14)24-9-8-21-19(24)26/h5-7,11-13H,8-10H2,1-4H3,(H,21,26)(H,23,25). The molecule has 0 saturated carbocycles. The first-order chi connectivity index (χ1) is 12.9. The summed E-state index contributed by atoms with van der Waals surface area (Å²) in [6.45, 7) is 9.74. The summed E-state index contributed by atoms with van der Waals surface area (Å²) in [5.41, 5.74) is 3.88. The van der Waals surface area contributed by atoms with Crippen LogP contribution in [-0.4, -0.2) is 30.0 Å². The number of amides is 3. The highest BCUT2D eigenvalue weighted by molar-refractivity contribution is 7.14. The van der Waals surface area contributed by atoms with Gasteiger partial charge < -0.3 is 10.6 Å². The van der Waals surface area contributed by atoms with E-state index in [0.29, 0.717) is 35.8 Å². The zero-order valence-corrected chi connectivity index (χ0v) is 17.0. The molecule has 144 valence electrons. The normalized spacial score (nSPS) is 14.1. The second-order valence-electron chi connectivity index (χ2n) is 7.35. The maximum atomic E-state index is 12.7. The predicted molar refractivity (Wildman–Crippen MR) is 110 cm³/mol. The number of carbonyl (C=O) groups excluding carboxylic acids is 2. The van der Waals surface area contributed by atoms with Crippen LogP contribution in [0.1, 0.15) is 56.4 Å². The highest BCUT2D eigenvalue weighted by Crippen LogP contribution is 2.32. The van der Waals surface area contributed by atoms with E-state index in [1.54, 1.807) is 4.90 Å². The lowest BCUT2D eigenvalue weighted by Crippen LogP contribution is -2.27. The van der Waals surface area contributed by atoms with E-state index in [-0.39, 0.29) is 18.4 Å². The van der Waals surface area contributed by atoms with Gasteiger partial charge in [-0.3, -0.25) is 9.69 Å². The van der Waals surface area contributed by atoms with Gasteiger partial charge in [-0.05, 0) is 23.0 Å². The molecule has 1 aliphatic rings. The Morgan fingerprint density at radius 3 is 2.48 bits per heavy atom. The van der Waals surface area contributed by atoms with Crippen molar-refractivity contribution in [2.45, 2.75) is 46.0 Å². The molecule has 1 saturated heterocycles. The van der Waals surface area contributed by atoms with E-state index >= 15 is 0 Å². The minimum atomic E-state index is -0.132. The van der Waals surface area contributed by atoms with Crippen LogP contribution in [0.15, 0.2) is 23.6 Å². The minimum absolute atomic E-state index is 0.0901. The maximum absolute atomic E-state index is 12.7. The van der Waals surface area contributed by atoms with Crippen molar-refractivity contribution in [3.8, 4) is 0 Å². The van der Waals surface area contributed by atoms with E-state index in [4.69, 9.17) is 0 Å². The molecule has 2 N–H and O–H groups in total. The molecule has 1 aliphatic heterocycles. The van der Waals surface area contributed by atoms with Crippen LogP contribution < -0.4 is 15.5 Å². The smallest absolute Gasteiger partial charge is 0.323 e. The zero-order chi connectivity index (χ0) is 19.6. The van der Waals surface area contributed by atoms with E-state index in [9.17, 15) is 9.59 Å². The van der Waals surface area contributed by atoms with E-state index in [0.717, 1.165) is 16.8 Å². The summed E-state index contributed by atoms with van der Waals surface area (Å²) in [6, 6.07) is 6.06. The molecule has 27 heavy (non-hydrogen) atoms. The van der Waals surface area contributed by atoms with Crippen LogP contribution in [0, 0.1) is 0 Å². The Hall–Kier alpha value is -2.41. The van der Waals surface area contributed by atoms with Crippen LogP contribution in [-0.2, 0) is 11.2 Å². The lowest BCUT2D eigenvalue weighted by Gasteiger charge is -2.20. The second-order valence-corrected chi connectivity index (χ2v) is 8.19. The number of anilines is 2. The van der Waals surface area contributed by atoms with Crippen molar-refractivity contribution in [2.24, 2.45) is 0 Å². The molecule has 2 aromatic rings. The first-order valence-corrected chi connectivity index (χ1v) is 10.2. The molecule has 0 spiro atoms. The van der Waals surface area contributed by atoms with Crippen LogP contribution >= 0.6 is 11.3 Å². The number of hydrogen-bond donors (Lipinski definition) is 2. The summed E-state index contributed by atoms with van der Waals surface area (Å²) >= 11 is 1.39. The van der Waals surface area contributed by atoms with Crippen LogP contribution in [0.3, 0.4) is 0 Å². The lowest BCUT2D eigenvalue weighted by atomic mass is 9.92. The monoisotopic (exact) mass is 386 g/mol. The van der Waals surface area contributed by atoms with E-state index < -0.39 is 0 Å². The van der Waals surface area contributed by atoms with Gasteiger partial charge in [0.2, 0.25) is 5.91 Å². The SMILES string of the molecule is CC(C)c1cccc(C(C)C)c1NC(=O)Cc1csc(N2CCNC2=O)n1. The summed E-state index contributed by atoms with van der Waals surface area (Å²) in [4.78, 5) is 30.5. The Balaban J connectivity index is 1.75. The molecular formula is C20H26N4O2S. The Morgan fingerprint density at radius 2 is 1.93 bits per heavy atom. The van der Waals surface area contributed by atoms with Gasteiger partial charge in [0.1, 0.15) is 0 Å². The van der Waals surface area contributed by atoms with Gasteiger partial charge >= 0.3 is 6.03 Å². The van der Waals surface area contributed by atoms with Gasteiger partial charge in [0, 0.05) is 24.2 Å². The molecule has 0 radical (unpaired) electrons. The molecule has 6 nitrogen and oxygen atoms in total. The maximum Gasteiger partial charge on any atom is 0.323 e. The number of para-hydroxylation sites is 1. The number of aromatic nitrogens is 1. The fourth-order valence-corrected chi connectivity index (χ4v) is 4.05. The number of thiazole rings is 1. The Kier molecular flexibility index (Phi) is 5.79. The number of benzene rings is 1. The van der Waals surface area contributed by atoms with Crippen LogP contribution in [0.2, 0.25) is 0 Å². The van der Waals surface area contributed by atoms with Crippen molar-refractivity contribution in [3.63, 3.8) is 0 Å². The van der Waals surface area contributed by atoms with Crippen molar-refractivity contribution < 1.29 is 9.59 Å². The third-order valence-corrected chi connectivity index (χ3v) is 5.52. The number of urea groups is 1. The minimum Gasteiger partial charge on any atom is -0.336 e. The summed E-state index contributed by atoms with van der Waals surface area (Å²) in [7, 11) is 0. The van der Waals surface area contributed by atoms with Gasteiger partial charge in [0.05, 0.1) is 12.1 Å². The van der Waals surface area contributed by atoms with Crippen LogP contribution in [0.5, 0.6) is 0 Å². The van der Waals surface area contributed by atoms with Crippen molar-refractivity contribution in [2.75, 3.05) is 23.3 Å². The Morgan fingerprint density at radius 1 is 1.26 bits per heavy atom. The Labute approximate surface area is 164 Å². The van der Waals surface area contributed by atoms with Crippen molar-refractivity contribution >= 4 is 34.1 Å². The number of carbonyl (C=O) groups is 2. The summed E-state index contributed by atoms with van der Waals surface area (Å²) in [6.07, 6.45) is 0.190. The topological polar surface area (TPSA) is 74.3 Å². The average molecular weight is 387 g/mol. The second kappa shape index (κ2) is 8.08. The number of nitrogens with one attached hydrogen (secondary N) is 2. The van der Waals surface area contributed by atoms with Crippen molar-refractivity contribution in [1.82, 2.24) is 10.3 Å². The summed E-state index contributed by atoms with van der Waals surface area (Å²) in [5, 5.41) is 8.35. The summed E-state index contributed by atoms with van der Waals surface area (Å²) in [5.74, 6) is 0.546. The van der Waals surface area contributed by atoms with Crippen LogP contribution in [0.4, 0.5) is 15.6 Å². The number of nitrogens with zero attached hydrogens (tertiary/aromatic N) is 2. The fourth-order valence-electron chi connectivity index (χ4n) is 3.20. The molecule has 3 amide bonds. The number of rotatable bonds is 6. The van der Waals surface area contributed by atoms with Gasteiger partial charge in [0.25, 0.3) is 0 Å². The molecule has 1 aromatic carbocycles. The van der Waals surface area contributed by atoms with Gasteiger partial charge in [-0.2, -0.15) is 0 Å². The molecule has 0 aliphatic carbocycles. The van der Waals surface area contributed by atoms with Gasteiger partial charge in [0.15, 0.2) is 5.13 Å². The highest BCUT2D eigenvalue weighted by Gasteiger charge is 2.24. The molecule has 0 bridgehead atoms. The number of hydrogen-bond acceptors (Lipinski definition) is 4. The fraction of sp³-hybridized carbons (Fsp3) is 0.450. The largest absolute Gasteiger partial charge is 0.336 e. The van der Waals surface area contributed by atoms with Crippen molar-refractivity contribution in [3.05, 3.63) is 40.4 Å². The molecule has 1 fully saturated rings. The molecule has 3 rings (SSSR count). The first-order valence-electron chi connectivity index (χ1n) is 9.29. The third-order valence-electron chi connectivity index (χ3n) is 4.61. The molecular weight excluding hydrogens is 360 g/mol. The molecule has 2 heterocycles. The van der Waals surface area contributed by atoms with Gasteiger partial charge in [-0.1, -0.05) is 45.9 Å². The molecule has 0 atom stereocenters. The van der Waals surface area contributed by atoms with Gasteiger partial charge in [-0.25, -0.2) is 9.78 Å². The van der Waals surface area contributed by atoms with E-state index in [2.05, 4.69) is 55.4 Å². The quantitative estimate of drug-likeness (QED) is 0.785. The van der Waals surface area contributed by atoms with Crippen molar-refractivity contribution in [1.29, 1.82) is 0 Å². The van der Waals surface area contributed by atoms with E-state index in [1.165, 1.54) is 11.3 Å². The summed E-state index contributed by atoms with van der Waals surface area (Å²) < 4.78 is 0. The molecule has 0 unspecified atom stereocenters. The Bertz CT molecular complexity index is 818. The molecule has 1 aromatic heterocycles.